The zero-order valence-electron chi connectivity index (χ0n) is 14.1. The van der Waals surface area contributed by atoms with E-state index in [0.29, 0.717) is 24.0 Å². The summed E-state index contributed by atoms with van der Waals surface area (Å²) >= 11 is 0. The molecule has 0 spiro atoms. The Hall–Kier alpha value is -3.28. The van der Waals surface area contributed by atoms with Crippen LogP contribution >= 0.6 is 0 Å². The summed E-state index contributed by atoms with van der Waals surface area (Å²) in [5.74, 6) is 3.45. The van der Waals surface area contributed by atoms with Crippen LogP contribution in [0.1, 0.15) is 5.56 Å². The van der Waals surface area contributed by atoms with Gasteiger partial charge in [-0.15, -0.1) is 0 Å². The second-order valence-corrected chi connectivity index (χ2v) is 5.22. The van der Waals surface area contributed by atoms with Crippen molar-refractivity contribution in [3.05, 3.63) is 66.5 Å². The first kappa shape index (κ1) is 16.6. The summed E-state index contributed by atoms with van der Waals surface area (Å²) in [6, 6.07) is 16.9. The first-order valence-corrected chi connectivity index (χ1v) is 7.77. The van der Waals surface area contributed by atoms with E-state index in [0.717, 1.165) is 17.1 Å². The Bertz CT molecular complexity index is 805. The third-order valence-corrected chi connectivity index (χ3v) is 3.56. The number of benzene rings is 2. The van der Waals surface area contributed by atoms with Gasteiger partial charge in [0.25, 0.3) is 0 Å². The lowest BCUT2D eigenvalue weighted by atomic mass is 10.2. The van der Waals surface area contributed by atoms with Crippen molar-refractivity contribution in [2.75, 3.05) is 19.5 Å². The molecule has 6 nitrogen and oxygen atoms in total. The van der Waals surface area contributed by atoms with Crippen LogP contribution in [0.3, 0.4) is 0 Å². The number of aromatic nitrogens is 2. The molecule has 128 valence electrons. The van der Waals surface area contributed by atoms with Gasteiger partial charge in [0.1, 0.15) is 29.4 Å². The molecule has 1 heterocycles. The average Bonchev–Trinajstić information content (AvgIpc) is 2.68. The molecule has 0 amide bonds. The first-order valence-electron chi connectivity index (χ1n) is 7.77. The van der Waals surface area contributed by atoms with E-state index in [1.54, 1.807) is 20.3 Å². The van der Waals surface area contributed by atoms with Crippen molar-refractivity contribution in [2.45, 2.75) is 6.54 Å². The topological polar surface area (TPSA) is 65.5 Å². The standard InChI is InChI=1S/C19H19N3O3/c1-23-15-5-3-14(4-6-15)12-20-18-11-19(22-13-21-18)25-17-9-7-16(24-2)8-10-17/h3-11,13H,12H2,1-2H3,(H,20,21,22). The molecule has 0 radical (unpaired) electrons. The van der Waals surface area contributed by atoms with E-state index < -0.39 is 0 Å². The van der Waals surface area contributed by atoms with Gasteiger partial charge in [0.2, 0.25) is 5.88 Å². The fourth-order valence-corrected chi connectivity index (χ4v) is 2.19. The van der Waals surface area contributed by atoms with Gasteiger partial charge in [-0.25, -0.2) is 9.97 Å². The van der Waals surface area contributed by atoms with Crippen molar-refractivity contribution in [3.63, 3.8) is 0 Å². The maximum Gasteiger partial charge on any atom is 0.224 e. The minimum atomic E-state index is 0.470. The predicted octanol–water partition coefficient (Wildman–Crippen LogP) is 3.90. The average molecular weight is 337 g/mol. The van der Waals surface area contributed by atoms with Crippen molar-refractivity contribution in [2.24, 2.45) is 0 Å². The second-order valence-electron chi connectivity index (χ2n) is 5.22. The van der Waals surface area contributed by atoms with Gasteiger partial charge >= 0.3 is 0 Å². The van der Waals surface area contributed by atoms with E-state index >= 15 is 0 Å². The van der Waals surface area contributed by atoms with Gasteiger partial charge in [-0.3, -0.25) is 0 Å². The van der Waals surface area contributed by atoms with Crippen LogP contribution < -0.4 is 19.5 Å². The summed E-state index contributed by atoms with van der Waals surface area (Å²) in [5, 5.41) is 3.25. The van der Waals surface area contributed by atoms with Crippen LogP contribution in [0.15, 0.2) is 60.9 Å². The molecule has 0 saturated heterocycles. The van der Waals surface area contributed by atoms with E-state index in [-0.39, 0.29) is 0 Å². The highest BCUT2D eigenvalue weighted by molar-refractivity contribution is 5.41. The Morgan fingerprint density at radius 2 is 1.40 bits per heavy atom. The number of methoxy groups -OCH3 is 2. The zero-order valence-corrected chi connectivity index (χ0v) is 14.1. The van der Waals surface area contributed by atoms with Crippen LogP contribution in [0, 0.1) is 0 Å². The number of nitrogens with one attached hydrogen (secondary N) is 1. The molecule has 0 fully saturated rings. The Labute approximate surface area is 146 Å². The summed E-state index contributed by atoms with van der Waals surface area (Å²) in [6.45, 7) is 0.642. The Kier molecular flexibility index (Phi) is 5.31. The normalized spacial score (nSPS) is 10.2. The van der Waals surface area contributed by atoms with Crippen LogP contribution in [0.4, 0.5) is 5.82 Å². The monoisotopic (exact) mass is 337 g/mol. The molecule has 6 heteroatoms. The fourth-order valence-electron chi connectivity index (χ4n) is 2.19. The number of anilines is 1. The van der Waals surface area contributed by atoms with Gasteiger partial charge < -0.3 is 19.5 Å². The SMILES string of the molecule is COc1ccc(CNc2cc(Oc3ccc(OC)cc3)ncn2)cc1. The molecule has 1 N–H and O–H groups in total. The van der Waals surface area contributed by atoms with Crippen LogP contribution in [0.2, 0.25) is 0 Å². The Balaban J connectivity index is 1.62. The minimum absolute atomic E-state index is 0.470. The van der Waals surface area contributed by atoms with Gasteiger partial charge in [-0.2, -0.15) is 0 Å². The Morgan fingerprint density at radius 1 is 0.800 bits per heavy atom. The number of ether oxygens (including phenoxy) is 3. The summed E-state index contributed by atoms with van der Waals surface area (Å²) < 4.78 is 16.0. The molecule has 3 aromatic rings. The van der Waals surface area contributed by atoms with Crippen molar-refractivity contribution < 1.29 is 14.2 Å². The fraction of sp³-hybridized carbons (Fsp3) is 0.158. The van der Waals surface area contributed by atoms with E-state index in [1.807, 2.05) is 48.5 Å². The zero-order chi connectivity index (χ0) is 17.5. The summed E-state index contributed by atoms with van der Waals surface area (Å²) in [4.78, 5) is 8.34. The van der Waals surface area contributed by atoms with E-state index in [2.05, 4.69) is 15.3 Å². The first-order chi connectivity index (χ1) is 12.3. The summed E-state index contributed by atoms with van der Waals surface area (Å²) in [5.41, 5.74) is 1.12. The van der Waals surface area contributed by atoms with Crippen LogP contribution in [0.5, 0.6) is 23.1 Å². The van der Waals surface area contributed by atoms with E-state index in [4.69, 9.17) is 14.2 Å². The van der Waals surface area contributed by atoms with E-state index in [9.17, 15) is 0 Å². The smallest absolute Gasteiger partial charge is 0.224 e. The highest BCUT2D eigenvalue weighted by Gasteiger charge is 2.03. The van der Waals surface area contributed by atoms with Crippen molar-refractivity contribution in [3.8, 4) is 23.1 Å². The number of rotatable bonds is 7. The molecule has 3 rings (SSSR count). The summed E-state index contributed by atoms with van der Waals surface area (Å²) in [6.07, 6.45) is 1.47. The maximum atomic E-state index is 5.74. The third-order valence-electron chi connectivity index (χ3n) is 3.56. The van der Waals surface area contributed by atoms with Gasteiger partial charge in [0, 0.05) is 12.6 Å². The molecule has 0 aliphatic carbocycles. The van der Waals surface area contributed by atoms with Gasteiger partial charge in [0.05, 0.1) is 14.2 Å². The number of nitrogens with zero attached hydrogens (tertiary/aromatic N) is 2. The molecule has 0 atom stereocenters. The van der Waals surface area contributed by atoms with Gasteiger partial charge in [-0.1, -0.05) is 12.1 Å². The quantitative estimate of drug-likeness (QED) is 0.705. The van der Waals surface area contributed by atoms with Crippen molar-refractivity contribution in [1.82, 2.24) is 9.97 Å². The van der Waals surface area contributed by atoms with E-state index in [1.165, 1.54) is 6.33 Å². The van der Waals surface area contributed by atoms with Crippen LogP contribution in [-0.2, 0) is 6.54 Å². The molecular formula is C19H19N3O3. The lowest BCUT2D eigenvalue weighted by Gasteiger charge is -2.09. The van der Waals surface area contributed by atoms with Crippen molar-refractivity contribution >= 4 is 5.82 Å². The third kappa shape index (κ3) is 4.60. The van der Waals surface area contributed by atoms with Crippen LogP contribution in [0.25, 0.3) is 0 Å². The molecule has 0 bridgehead atoms. The van der Waals surface area contributed by atoms with Crippen molar-refractivity contribution in [1.29, 1.82) is 0 Å². The number of hydrogen-bond donors (Lipinski definition) is 1. The molecule has 25 heavy (non-hydrogen) atoms. The molecule has 2 aromatic carbocycles. The maximum absolute atomic E-state index is 5.74. The molecule has 0 aliphatic heterocycles. The molecule has 0 aliphatic rings. The highest BCUT2D eigenvalue weighted by atomic mass is 16.5. The lowest BCUT2D eigenvalue weighted by molar-refractivity contribution is 0.412. The van der Waals surface area contributed by atoms with Gasteiger partial charge in [0.15, 0.2) is 0 Å². The predicted molar refractivity (Wildman–Crippen MR) is 95.4 cm³/mol. The van der Waals surface area contributed by atoms with Crippen LogP contribution in [-0.4, -0.2) is 24.2 Å². The minimum Gasteiger partial charge on any atom is -0.497 e. The number of hydrogen-bond acceptors (Lipinski definition) is 6. The molecular weight excluding hydrogens is 318 g/mol. The summed E-state index contributed by atoms with van der Waals surface area (Å²) in [7, 11) is 3.28. The largest absolute Gasteiger partial charge is 0.497 e. The lowest BCUT2D eigenvalue weighted by Crippen LogP contribution is -2.02. The molecule has 0 unspecified atom stereocenters. The highest BCUT2D eigenvalue weighted by Crippen LogP contribution is 2.23. The second kappa shape index (κ2) is 8.01. The molecule has 0 saturated carbocycles. The molecule has 1 aromatic heterocycles. The Morgan fingerprint density at radius 3 is 2.04 bits per heavy atom. The van der Waals surface area contributed by atoms with Gasteiger partial charge in [-0.05, 0) is 42.0 Å².